The van der Waals surface area contributed by atoms with E-state index in [1.807, 2.05) is 22.1 Å². The molecule has 0 radical (unpaired) electrons. The van der Waals surface area contributed by atoms with E-state index in [-0.39, 0.29) is 11.7 Å². The second-order valence-corrected chi connectivity index (χ2v) is 7.92. The number of hydrogen-bond acceptors (Lipinski definition) is 2. The van der Waals surface area contributed by atoms with Gasteiger partial charge in [-0.05, 0) is 46.8 Å². The van der Waals surface area contributed by atoms with Crippen molar-refractivity contribution in [3.63, 3.8) is 0 Å². The summed E-state index contributed by atoms with van der Waals surface area (Å²) in [4.78, 5) is 12.6. The van der Waals surface area contributed by atoms with Crippen LogP contribution in [0.2, 0.25) is 0 Å². The van der Waals surface area contributed by atoms with Gasteiger partial charge in [-0.25, -0.2) is 4.39 Å². The van der Waals surface area contributed by atoms with E-state index in [1.165, 1.54) is 18.9 Å². The maximum atomic E-state index is 14.1. The molecule has 6 heteroatoms. The van der Waals surface area contributed by atoms with E-state index in [9.17, 15) is 9.18 Å². The minimum Gasteiger partial charge on any atom is -0.350 e. The standard InChI is InChI=1S/C18H16BrFN2OS/c19-13-10-24-16-7-15(18(23)21-8-11-5-6-11)22(17(13)16)9-12-3-1-2-4-14(12)20/h1-4,7,10-11H,5-6,8-9H2,(H,21,23). The Morgan fingerprint density at radius 1 is 1.38 bits per heavy atom. The van der Waals surface area contributed by atoms with Gasteiger partial charge < -0.3 is 9.88 Å². The van der Waals surface area contributed by atoms with Crippen molar-refractivity contribution in [3.8, 4) is 0 Å². The third-order valence-corrected chi connectivity index (χ3v) is 6.17. The number of rotatable bonds is 5. The van der Waals surface area contributed by atoms with Gasteiger partial charge >= 0.3 is 0 Å². The molecule has 24 heavy (non-hydrogen) atoms. The Bertz CT molecular complexity index is 913. The summed E-state index contributed by atoms with van der Waals surface area (Å²) in [5.41, 5.74) is 2.10. The summed E-state index contributed by atoms with van der Waals surface area (Å²) in [7, 11) is 0. The Morgan fingerprint density at radius 3 is 2.92 bits per heavy atom. The van der Waals surface area contributed by atoms with E-state index in [2.05, 4.69) is 21.2 Å². The number of aromatic nitrogens is 1. The Balaban J connectivity index is 1.72. The number of benzene rings is 1. The van der Waals surface area contributed by atoms with Gasteiger partial charge in [0.25, 0.3) is 5.91 Å². The first-order valence-electron chi connectivity index (χ1n) is 7.91. The van der Waals surface area contributed by atoms with Gasteiger partial charge in [-0.1, -0.05) is 18.2 Å². The topological polar surface area (TPSA) is 34.0 Å². The summed E-state index contributed by atoms with van der Waals surface area (Å²) in [5, 5.41) is 5.00. The smallest absolute Gasteiger partial charge is 0.267 e. The average molecular weight is 407 g/mol. The lowest BCUT2D eigenvalue weighted by molar-refractivity contribution is 0.0943. The van der Waals surface area contributed by atoms with Crippen molar-refractivity contribution in [2.75, 3.05) is 6.54 Å². The summed E-state index contributed by atoms with van der Waals surface area (Å²) in [6.45, 7) is 1.05. The second-order valence-electron chi connectivity index (χ2n) is 6.16. The van der Waals surface area contributed by atoms with E-state index >= 15 is 0 Å². The fraction of sp³-hybridized carbons (Fsp3) is 0.278. The Hall–Kier alpha value is -1.66. The first-order chi connectivity index (χ1) is 11.6. The number of carbonyl (C=O) groups is 1. The van der Waals surface area contributed by atoms with Gasteiger partial charge in [-0.2, -0.15) is 0 Å². The Morgan fingerprint density at radius 2 is 2.17 bits per heavy atom. The van der Waals surface area contributed by atoms with Gasteiger partial charge in [0.2, 0.25) is 0 Å². The van der Waals surface area contributed by atoms with E-state index < -0.39 is 0 Å². The highest BCUT2D eigenvalue weighted by molar-refractivity contribution is 9.10. The number of fused-ring (bicyclic) bond motifs is 1. The van der Waals surface area contributed by atoms with E-state index in [1.54, 1.807) is 23.5 Å². The molecule has 2 heterocycles. The molecule has 0 aliphatic heterocycles. The molecular formula is C18H16BrFN2OS. The largest absolute Gasteiger partial charge is 0.350 e. The summed E-state index contributed by atoms with van der Waals surface area (Å²) < 4.78 is 17.9. The third-order valence-electron chi connectivity index (χ3n) is 4.34. The number of nitrogens with zero attached hydrogens (tertiary/aromatic N) is 1. The number of nitrogens with one attached hydrogen (secondary N) is 1. The fourth-order valence-corrected chi connectivity index (χ4v) is 4.52. The summed E-state index contributed by atoms with van der Waals surface area (Å²) in [6.07, 6.45) is 2.38. The van der Waals surface area contributed by atoms with Crippen LogP contribution in [-0.4, -0.2) is 17.0 Å². The lowest BCUT2D eigenvalue weighted by Gasteiger charge is -2.12. The second kappa shape index (κ2) is 6.33. The molecule has 0 saturated heterocycles. The molecule has 1 aliphatic rings. The first kappa shape index (κ1) is 15.8. The van der Waals surface area contributed by atoms with Gasteiger partial charge in [-0.15, -0.1) is 11.3 Å². The third kappa shape index (κ3) is 3.00. The fourth-order valence-electron chi connectivity index (χ4n) is 2.83. The van der Waals surface area contributed by atoms with Gasteiger partial charge in [0, 0.05) is 17.5 Å². The number of hydrogen-bond donors (Lipinski definition) is 1. The lowest BCUT2D eigenvalue weighted by Crippen LogP contribution is -2.28. The number of carbonyl (C=O) groups excluding carboxylic acids is 1. The first-order valence-corrected chi connectivity index (χ1v) is 9.58. The van der Waals surface area contributed by atoms with Crippen LogP contribution in [0, 0.1) is 11.7 Å². The quantitative estimate of drug-likeness (QED) is 0.648. The summed E-state index contributed by atoms with van der Waals surface area (Å²) in [6, 6.07) is 8.59. The van der Waals surface area contributed by atoms with Gasteiger partial charge in [0.1, 0.15) is 11.5 Å². The van der Waals surface area contributed by atoms with Crippen LogP contribution in [0.5, 0.6) is 0 Å². The molecule has 3 aromatic rings. The maximum absolute atomic E-state index is 14.1. The molecule has 0 atom stereocenters. The number of amides is 1. The molecule has 3 nitrogen and oxygen atoms in total. The van der Waals surface area contributed by atoms with Crippen LogP contribution in [0.1, 0.15) is 28.9 Å². The maximum Gasteiger partial charge on any atom is 0.267 e. The molecule has 1 N–H and O–H groups in total. The molecule has 1 aliphatic carbocycles. The minimum absolute atomic E-state index is 0.0893. The highest BCUT2D eigenvalue weighted by Gasteiger charge is 2.24. The van der Waals surface area contributed by atoms with Crippen molar-refractivity contribution in [2.45, 2.75) is 19.4 Å². The Labute approximate surface area is 151 Å². The average Bonchev–Trinajstić information content (AvgIpc) is 3.24. The lowest BCUT2D eigenvalue weighted by atomic mass is 10.2. The van der Waals surface area contributed by atoms with Crippen LogP contribution < -0.4 is 5.32 Å². The molecular weight excluding hydrogens is 391 g/mol. The summed E-state index contributed by atoms with van der Waals surface area (Å²) in [5.74, 6) is 0.278. The van der Waals surface area contributed by atoms with Gasteiger partial charge in [0.05, 0.1) is 21.2 Å². The van der Waals surface area contributed by atoms with Crippen molar-refractivity contribution in [2.24, 2.45) is 5.92 Å². The minimum atomic E-state index is -0.255. The predicted molar refractivity (Wildman–Crippen MR) is 98.1 cm³/mol. The molecule has 2 aromatic heterocycles. The zero-order valence-corrected chi connectivity index (χ0v) is 15.3. The monoisotopic (exact) mass is 406 g/mol. The molecule has 1 saturated carbocycles. The Kier molecular flexibility index (Phi) is 4.18. The van der Waals surface area contributed by atoms with Gasteiger partial charge in [0.15, 0.2) is 0 Å². The molecule has 0 spiro atoms. The van der Waals surface area contributed by atoms with E-state index in [0.29, 0.717) is 23.7 Å². The van der Waals surface area contributed by atoms with Crippen LogP contribution in [0.3, 0.4) is 0 Å². The molecule has 0 bridgehead atoms. The molecule has 1 amide bonds. The van der Waals surface area contributed by atoms with E-state index in [0.717, 1.165) is 21.2 Å². The van der Waals surface area contributed by atoms with Crippen molar-refractivity contribution in [1.29, 1.82) is 0 Å². The highest BCUT2D eigenvalue weighted by Crippen LogP contribution is 2.34. The van der Waals surface area contributed by atoms with Crippen LogP contribution in [0.25, 0.3) is 10.2 Å². The van der Waals surface area contributed by atoms with Gasteiger partial charge in [-0.3, -0.25) is 4.79 Å². The van der Waals surface area contributed by atoms with Crippen molar-refractivity contribution >= 4 is 43.4 Å². The van der Waals surface area contributed by atoms with Crippen LogP contribution in [-0.2, 0) is 6.54 Å². The van der Waals surface area contributed by atoms with Crippen molar-refractivity contribution in [1.82, 2.24) is 9.88 Å². The van der Waals surface area contributed by atoms with Crippen LogP contribution in [0.4, 0.5) is 4.39 Å². The zero-order chi connectivity index (χ0) is 16.7. The van der Waals surface area contributed by atoms with Crippen LogP contribution in [0.15, 0.2) is 40.2 Å². The normalized spacial score (nSPS) is 14.2. The van der Waals surface area contributed by atoms with Crippen molar-refractivity contribution in [3.05, 3.63) is 57.3 Å². The predicted octanol–water partition coefficient (Wildman–Crippen LogP) is 4.79. The zero-order valence-electron chi connectivity index (χ0n) is 12.9. The number of thiophene rings is 1. The van der Waals surface area contributed by atoms with E-state index in [4.69, 9.17) is 0 Å². The van der Waals surface area contributed by atoms with Crippen LogP contribution >= 0.6 is 27.3 Å². The highest BCUT2D eigenvalue weighted by atomic mass is 79.9. The molecule has 1 fully saturated rings. The SMILES string of the molecule is O=C(NCC1CC1)c1cc2scc(Br)c2n1Cc1ccccc1F. The number of halogens is 2. The molecule has 4 rings (SSSR count). The summed E-state index contributed by atoms with van der Waals surface area (Å²) >= 11 is 5.12. The van der Waals surface area contributed by atoms with Crippen molar-refractivity contribution < 1.29 is 9.18 Å². The molecule has 1 aromatic carbocycles. The molecule has 0 unspecified atom stereocenters. The molecule has 124 valence electrons.